The van der Waals surface area contributed by atoms with Gasteiger partial charge < -0.3 is 10.6 Å². The Bertz CT molecular complexity index is 1400. The van der Waals surface area contributed by atoms with Gasteiger partial charge in [-0.25, -0.2) is 18.4 Å². The Hall–Kier alpha value is -3.98. The number of amides is 1. The summed E-state index contributed by atoms with van der Waals surface area (Å²) >= 11 is 0. The van der Waals surface area contributed by atoms with Gasteiger partial charge in [-0.3, -0.25) is 9.52 Å². The molecule has 4 rings (SSSR count). The zero-order valence-corrected chi connectivity index (χ0v) is 18.3. The second-order valence-corrected chi connectivity index (χ2v) is 8.91. The summed E-state index contributed by atoms with van der Waals surface area (Å²) in [7, 11) is -3.95. The zero-order valence-electron chi connectivity index (χ0n) is 17.5. The Morgan fingerprint density at radius 1 is 0.788 bits per heavy atom. The van der Waals surface area contributed by atoms with Crippen molar-refractivity contribution in [2.75, 3.05) is 15.4 Å². The average Bonchev–Trinajstić information content (AvgIpc) is 2.77. The highest BCUT2D eigenvalue weighted by Gasteiger charge is 2.19. The van der Waals surface area contributed by atoms with Gasteiger partial charge in [0.15, 0.2) is 11.6 Å². The fourth-order valence-corrected chi connectivity index (χ4v) is 4.11. The summed E-state index contributed by atoms with van der Waals surface area (Å²) in [6.07, 6.45) is 0.525. The minimum atomic E-state index is -3.95. The topological polar surface area (TPSA) is 113 Å². The first-order chi connectivity index (χ1) is 15.4. The van der Waals surface area contributed by atoms with E-state index < -0.39 is 10.0 Å². The van der Waals surface area contributed by atoms with Crippen LogP contribution in [0.4, 0.5) is 23.0 Å². The first kappa shape index (κ1) is 23.7. The van der Waals surface area contributed by atoms with Crippen molar-refractivity contribution in [3.8, 4) is 0 Å². The van der Waals surface area contributed by atoms with Crippen LogP contribution in [-0.4, -0.2) is 24.8 Å². The molecule has 3 N–H and O–H groups in total. The van der Waals surface area contributed by atoms with Crippen LogP contribution in [0.3, 0.4) is 0 Å². The third kappa shape index (κ3) is 5.27. The van der Waals surface area contributed by atoms with Gasteiger partial charge in [0.2, 0.25) is 6.41 Å². The molecule has 9 heteroatoms. The second-order valence-electron chi connectivity index (χ2n) is 7.23. The predicted molar refractivity (Wildman–Crippen MR) is 132 cm³/mol. The SMILES string of the molecule is C.Cc1ccc(Nc2nc3ccccc3nc2NS(=O)(=O)c2ccc(NC=O)cc2)cc1C. The summed E-state index contributed by atoms with van der Waals surface area (Å²) in [5.74, 6) is 0.367. The van der Waals surface area contributed by atoms with Crippen molar-refractivity contribution in [2.24, 2.45) is 0 Å². The quantitative estimate of drug-likeness (QED) is 0.333. The molecule has 8 nitrogen and oxygen atoms in total. The van der Waals surface area contributed by atoms with Crippen LogP contribution in [0.2, 0.25) is 0 Å². The molecule has 1 heterocycles. The molecule has 0 radical (unpaired) electrons. The highest BCUT2D eigenvalue weighted by Crippen LogP contribution is 2.28. The molecule has 0 fully saturated rings. The van der Waals surface area contributed by atoms with Crippen molar-refractivity contribution in [1.82, 2.24) is 9.97 Å². The molecule has 33 heavy (non-hydrogen) atoms. The molecule has 0 unspecified atom stereocenters. The minimum absolute atomic E-state index is 0. The standard InChI is InChI=1S/C23H21N5O3S.CH4/c1-15-7-8-18(13-16(15)2)25-22-23(27-21-6-4-3-5-20(21)26-22)28-32(30,31)19-11-9-17(10-12-19)24-14-29;/h3-14H,1-2H3,(H,24,29)(H,25,26)(H,27,28);1H4. The molecule has 0 spiro atoms. The van der Waals surface area contributed by atoms with E-state index in [1.165, 1.54) is 24.3 Å². The Morgan fingerprint density at radius 3 is 2.00 bits per heavy atom. The lowest BCUT2D eigenvalue weighted by molar-refractivity contribution is -0.105. The van der Waals surface area contributed by atoms with Gasteiger partial charge in [0.1, 0.15) is 0 Å². The lowest BCUT2D eigenvalue weighted by atomic mass is 10.1. The van der Waals surface area contributed by atoms with Crippen LogP contribution in [-0.2, 0) is 14.8 Å². The van der Waals surface area contributed by atoms with E-state index in [-0.39, 0.29) is 24.0 Å². The smallest absolute Gasteiger partial charge is 0.263 e. The number of aromatic nitrogens is 2. The van der Waals surface area contributed by atoms with Crippen molar-refractivity contribution in [1.29, 1.82) is 0 Å². The zero-order chi connectivity index (χ0) is 22.7. The van der Waals surface area contributed by atoms with Crippen molar-refractivity contribution in [3.05, 3.63) is 77.9 Å². The molecule has 0 saturated heterocycles. The molecule has 4 aromatic rings. The van der Waals surface area contributed by atoms with E-state index in [0.29, 0.717) is 23.1 Å². The maximum Gasteiger partial charge on any atom is 0.263 e. The maximum atomic E-state index is 13.0. The second kappa shape index (κ2) is 9.66. The highest BCUT2D eigenvalue weighted by molar-refractivity contribution is 7.92. The lowest BCUT2D eigenvalue weighted by Crippen LogP contribution is -2.16. The molecular weight excluding hydrogens is 438 g/mol. The van der Waals surface area contributed by atoms with Gasteiger partial charge in [-0.05, 0) is 73.5 Å². The van der Waals surface area contributed by atoms with Crippen LogP contribution in [0.25, 0.3) is 11.0 Å². The first-order valence-electron chi connectivity index (χ1n) is 9.80. The molecule has 0 atom stereocenters. The lowest BCUT2D eigenvalue weighted by Gasteiger charge is -2.14. The van der Waals surface area contributed by atoms with Gasteiger partial charge in [0.25, 0.3) is 10.0 Å². The van der Waals surface area contributed by atoms with E-state index in [1.807, 2.05) is 50.2 Å². The van der Waals surface area contributed by atoms with Gasteiger partial charge in [0, 0.05) is 11.4 Å². The molecule has 0 aliphatic carbocycles. The largest absolute Gasteiger partial charge is 0.337 e. The molecule has 0 saturated carbocycles. The number of rotatable bonds is 7. The van der Waals surface area contributed by atoms with Crippen LogP contribution in [0.5, 0.6) is 0 Å². The van der Waals surface area contributed by atoms with Crippen molar-refractivity contribution in [3.63, 3.8) is 0 Å². The third-order valence-electron chi connectivity index (χ3n) is 4.96. The number of fused-ring (bicyclic) bond motifs is 1. The summed E-state index contributed by atoms with van der Waals surface area (Å²) < 4.78 is 28.6. The molecule has 170 valence electrons. The van der Waals surface area contributed by atoms with Gasteiger partial charge in [-0.15, -0.1) is 0 Å². The number of hydrogen-bond donors (Lipinski definition) is 3. The fraction of sp³-hybridized carbons (Fsp3) is 0.125. The molecule has 0 aliphatic heterocycles. The molecule has 1 amide bonds. The number of sulfonamides is 1. The van der Waals surface area contributed by atoms with E-state index in [0.717, 1.165) is 16.8 Å². The Balaban J connectivity index is 0.00000306. The van der Waals surface area contributed by atoms with E-state index in [1.54, 1.807) is 6.07 Å². The first-order valence-corrected chi connectivity index (χ1v) is 11.3. The highest BCUT2D eigenvalue weighted by atomic mass is 32.2. The average molecular weight is 464 g/mol. The molecule has 0 aliphatic rings. The Kier molecular flexibility index (Phi) is 6.93. The van der Waals surface area contributed by atoms with Crippen LogP contribution < -0.4 is 15.4 Å². The summed E-state index contributed by atoms with van der Waals surface area (Å²) in [4.78, 5) is 19.7. The van der Waals surface area contributed by atoms with Gasteiger partial charge in [-0.1, -0.05) is 25.6 Å². The van der Waals surface area contributed by atoms with Gasteiger partial charge in [0.05, 0.1) is 15.9 Å². The molecule has 1 aromatic heterocycles. The Morgan fingerprint density at radius 2 is 1.39 bits per heavy atom. The van der Waals surface area contributed by atoms with Crippen LogP contribution in [0.15, 0.2) is 71.6 Å². The predicted octanol–water partition coefficient (Wildman–Crippen LogP) is 5.00. The summed E-state index contributed by atoms with van der Waals surface area (Å²) in [6, 6.07) is 18.9. The number of nitrogens with one attached hydrogen (secondary N) is 3. The number of aryl methyl sites for hydroxylation is 2. The van der Waals surface area contributed by atoms with Gasteiger partial charge >= 0.3 is 0 Å². The summed E-state index contributed by atoms with van der Waals surface area (Å²) in [6.45, 7) is 4.02. The molecule has 3 aromatic carbocycles. The monoisotopic (exact) mass is 463 g/mol. The number of carbonyl (C=O) groups excluding carboxylic acids is 1. The van der Waals surface area contributed by atoms with Crippen molar-refractivity contribution in [2.45, 2.75) is 26.2 Å². The number of anilines is 4. The van der Waals surface area contributed by atoms with E-state index in [2.05, 4.69) is 25.3 Å². The number of hydrogen-bond acceptors (Lipinski definition) is 6. The molecule has 0 bridgehead atoms. The minimum Gasteiger partial charge on any atom is -0.337 e. The number of nitrogens with zero attached hydrogens (tertiary/aromatic N) is 2. The third-order valence-corrected chi connectivity index (χ3v) is 6.32. The number of carbonyl (C=O) groups is 1. The van der Waals surface area contributed by atoms with Crippen LogP contribution in [0.1, 0.15) is 18.6 Å². The Labute approximate surface area is 193 Å². The maximum absolute atomic E-state index is 13.0. The van der Waals surface area contributed by atoms with E-state index >= 15 is 0 Å². The number of para-hydroxylation sites is 2. The fourth-order valence-electron chi connectivity index (χ4n) is 3.10. The summed E-state index contributed by atoms with van der Waals surface area (Å²) in [5, 5.41) is 5.66. The van der Waals surface area contributed by atoms with Crippen LogP contribution in [0, 0.1) is 13.8 Å². The molecular formula is C24H25N5O3S. The van der Waals surface area contributed by atoms with E-state index in [4.69, 9.17) is 0 Å². The summed E-state index contributed by atoms with van der Waals surface area (Å²) in [5.41, 5.74) is 4.68. The van der Waals surface area contributed by atoms with Crippen molar-refractivity contribution >= 4 is 50.5 Å². The van der Waals surface area contributed by atoms with Gasteiger partial charge in [-0.2, -0.15) is 0 Å². The van der Waals surface area contributed by atoms with Crippen LogP contribution >= 0.6 is 0 Å². The van der Waals surface area contributed by atoms with E-state index in [9.17, 15) is 13.2 Å². The van der Waals surface area contributed by atoms with Crippen molar-refractivity contribution < 1.29 is 13.2 Å². The number of benzene rings is 3. The normalized spacial score (nSPS) is 10.8.